The van der Waals surface area contributed by atoms with Gasteiger partial charge in [-0.3, -0.25) is 4.21 Å². The van der Waals surface area contributed by atoms with Gasteiger partial charge < -0.3 is 4.90 Å². The van der Waals surface area contributed by atoms with Gasteiger partial charge in [0.2, 0.25) is 10.1 Å². The third kappa shape index (κ3) is 4.01. The summed E-state index contributed by atoms with van der Waals surface area (Å²) in [6.07, 6.45) is -2.88. The Balaban J connectivity index is 2.09. The number of halogens is 3. The van der Waals surface area contributed by atoms with E-state index >= 15 is 0 Å². The number of aromatic nitrogens is 2. The van der Waals surface area contributed by atoms with Gasteiger partial charge in [-0.25, -0.2) is 0 Å². The van der Waals surface area contributed by atoms with Crippen LogP contribution in [0.3, 0.4) is 0 Å². The van der Waals surface area contributed by atoms with Crippen molar-refractivity contribution in [2.24, 2.45) is 0 Å². The lowest BCUT2D eigenvalue weighted by molar-refractivity contribution is -0.138. The highest BCUT2D eigenvalue weighted by Gasteiger charge is 2.36. The Morgan fingerprint density at radius 2 is 1.86 bits per heavy atom. The third-order valence-corrected chi connectivity index (χ3v) is 4.68. The fourth-order valence-electron chi connectivity index (χ4n) is 1.61. The maximum absolute atomic E-state index is 12.5. The number of nitrogens with zero attached hydrogens (tertiary/aromatic N) is 3. The van der Waals surface area contributed by atoms with Crippen molar-refractivity contribution in [2.75, 3.05) is 18.2 Å². The maximum atomic E-state index is 12.5. The lowest BCUT2D eigenvalue weighted by Crippen LogP contribution is -2.16. The second-order valence-corrected chi connectivity index (χ2v) is 6.68. The second kappa shape index (κ2) is 6.10. The Bertz CT molecular complexity index is 640. The van der Waals surface area contributed by atoms with Crippen molar-refractivity contribution in [1.29, 1.82) is 0 Å². The summed E-state index contributed by atoms with van der Waals surface area (Å²) in [5.41, 5.74) is 0.885. The largest absolute Gasteiger partial charge is 0.445 e. The Hall–Kier alpha value is -1.48. The number of benzene rings is 1. The van der Waals surface area contributed by atoms with E-state index in [1.54, 1.807) is 42.5 Å². The van der Waals surface area contributed by atoms with Crippen LogP contribution in [0.4, 0.5) is 18.3 Å². The van der Waals surface area contributed by atoms with Gasteiger partial charge in [-0.2, -0.15) is 13.2 Å². The molecule has 0 saturated carbocycles. The number of rotatable bonds is 4. The molecule has 2 rings (SSSR count). The van der Waals surface area contributed by atoms with Crippen LogP contribution in [0.15, 0.2) is 29.2 Å². The Kier molecular flexibility index (Phi) is 4.62. The van der Waals surface area contributed by atoms with Crippen molar-refractivity contribution in [3.05, 3.63) is 34.8 Å². The van der Waals surface area contributed by atoms with Gasteiger partial charge in [-0.15, -0.1) is 10.2 Å². The van der Waals surface area contributed by atoms with E-state index in [0.717, 1.165) is 5.56 Å². The lowest BCUT2D eigenvalue weighted by atomic mass is 10.2. The zero-order valence-corrected chi connectivity index (χ0v) is 12.8. The zero-order chi connectivity index (χ0) is 15.6. The number of hydrogen-bond acceptors (Lipinski definition) is 5. The number of hydrogen-bond donors (Lipinski definition) is 0. The molecule has 2 aromatic rings. The summed E-state index contributed by atoms with van der Waals surface area (Å²) >= 11 is 0.505. The summed E-state index contributed by atoms with van der Waals surface area (Å²) in [6.45, 7) is 0.392. The molecular weight excluding hydrogens is 323 g/mol. The Morgan fingerprint density at radius 3 is 2.33 bits per heavy atom. The minimum atomic E-state index is -4.47. The highest BCUT2D eigenvalue weighted by atomic mass is 32.2. The van der Waals surface area contributed by atoms with Gasteiger partial charge in [-0.1, -0.05) is 23.5 Å². The van der Waals surface area contributed by atoms with Crippen molar-refractivity contribution in [2.45, 2.75) is 17.6 Å². The SMILES string of the molecule is CN(Cc1ccc(S(C)=O)cc1)c1nnc(C(F)(F)F)s1. The van der Waals surface area contributed by atoms with Gasteiger partial charge in [-0.05, 0) is 17.7 Å². The summed E-state index contributed by atoms with van der Waals surface area (Å²) < 4.78 is 48.7. The third-order valence-electron chi connectivity index (χ3n) is 2.66. The Morgan fingerprint density at radius 1 is 1.24 bits per heavy atom. The van der Waals surface area contributed by atoms with E-state index in [1.807, 2.05) is 0 Å². The standard InChI is InChI=1S/C12H12F3N3OS2/c1-18(11-17-16-10(20-11)12(13,14)15)7-8-3-5-9(6-4-8)21(2)19/h3-6H,7H2,1-2H3. The molecule has 0 fully saturated rings. The topological polar surface area (TPSA) is 46.1 Å². The van der Waals surface area contributed by atoms with Crippen molar-refractivity contribution in [1.82, 2.24) is 10.2 Å². The minimum Gasteiger partial charge on any atom is -0.345 e. The summed E-state index contributed by atoms with van der Waals surface area (Å²) in [5.74, 6) is 0. The summed E-state index contributed by atoms with van der Waals surface area (Å²) in [4.78, 5) is 2.29. The molecular formula is C12H12F3N3OS2. The molecule has 9 heteroatoms. The van der Waals surface area contributed by atoms with Crippen LogP contribution < -0.4 is 4.90 Å². The fraction of sp³-hybridized carbons (Fsp3) is 0.333. The van der Waals surface area contributed by atoms with E-state index in [-0.39, 0.29) is 5.13 Å². The molecule has 1 unspecified atom stereocenters. The van der Waals surface area contributed by atoms with E-state index in [4.69, 9.17) is 0 Å². The summed E-state index contributed by atoms with van der Waals surface area (Å²) in [5, 5.41) is 5.94. The highest BCUT2D eigenvalue weighted by molar-refractivity contribution is 7.84. The monoisotopic (exact) mass is 335 g/mol. The zero-order valence-electron chi connectivity index (χ0n) is 11.2. The quantitative estimate of drug-likeness (QED) is 0.862. The molecule has 1 heterocycles. The molecule has 114 valence electrons. The molecule has 1 aromatic heterocycles. The first kappa shape index (κ1) is 15.9. The summed E-state index contributed by atoms with van der Waals surface area (Å²) in [7, 11) is 0.594. The number of anilines is 1. The van der Waals surface area contributed by atoms with Gasteiger partial charge in [0.05, 0.1) is 0 Å². The smallest absolute Gasteiger partial charge is 0.345 e. The summed E-state index contributed by atoms with van der Waals surface area (Å²) in [6, 6.07) is 7.05. The van der Waals surface area contributed by atoms with Crippen LogP contribution in [0.25, 0.3) is 0 Å². The van der Waals surface area contributed by atoms with Gasteiger partial charge in [0.25, 0.3) is 0 Å². The molecule has 21 heavy (non-hydrogen) atoms. The van der Waals surface area contributed by atoms with Crippen LogP contribution in [0.5, 0.6) is 0 Å². The van der Waals surface area contributed by atoms with Crippen molar-refractivity contribution >= 4 is 27.3 Å². The molecule has 1 atom stereocenters. The fourth-order valence-corrected chi connectivity index (χ4v) is 2.80. The van der Waals surface area contributed by atoms with Crippen molar-refractivity contribution < 1.29 is 17.4 Å². The second-order valence-electron chi connectivity index (χ2n) is 4.34. The van der Waals surface area contributed by atoms with Gasteiger partial charge >= 0.3 is 6.18 Å². The van der Waals surface area contributed by atoms with Gasteiger partial charge in [0.1, 0.15) is 0 Å². The van der Waals surface area contributed by atoms with Crippen LogP contribution >= 0.6 is 11.3 Å². The van der Waals surface area contributed by atoms with Crippen LogP contribution in [-0.4, -0.2) is 27.7 Å². The van der Waals surface area contributed by atoms with Gasteiger partial charge in [0, 0.05) is 35.5 Å². The van der Waals surface area contributed by atoms with Crippen LogP contribution in [0.1, 0.15) is 10.6 Å². The minimum absolute atomic E-state index is 0.200. The molecule has 0 radical (unpaired) electrons. The van der Waals surface area contributed by atoms with Crippen LogP contribution in [0, 0.1) is 0 Å². The molecule has 0 N–H and O–H groups in total. The van der Waals surface area contributed by atoms with E-state index in [1.165, 1.54) is 0 Å². The molecule has 0 aliphatic carbocycles. The van der Waals surface area contributed by atoms with Crippen molar-refractivity contribution in [3.63, 3.8) is 0 Å². The molecule has 0 bridgehead atoms. The van der Waals surface area contributed by atoms with E-state index in [9.17, 15) is 17.4 Å². The van der Waals surface area contributed by atoms with Crippen LogP contribution in [0.2, 0.25) is 0 Å². The molecule has 0 saturated heterocycles. The first-order chi connectivity index (χ1) is 9.77. The molecule has 0 aliphatic heterocycles. The first-order valence-electron chi connectivity index (χ1n) is 5.81. The molecule has 0 amide bonds. The van der Waals surface area contributed by atoms with Crippen molar-refractivity contribution in [3.8, 4) is 0 Å². The maximum Gasteiger partial charge on any atom is 0.445 e. The normalized spacial score (nSPS) is 13.2. The number of alkyl halides is 3. The van der Waals surface area contributed by atoms with E-state index in [0.29, 0.717) is 22.8 Å². The molecule has 0 spiro atoms. The van der Waals surface area contributed by atoms with E-state index in [2.05, 4.69) is 10.2 Å². The first-order valence-corrected chi connectivity index (χ1v) is 8.19. The molecule has 4 nitrogen and oxygen atoms in total. The predicted octanol–water partition coefficient (Wildman–Crippen LogP) is 2.93. The van der Waals surface area contributed by atoms with E-state index < -0.39 is 22.0 Å². The average molecular weight is 335 g/mol. The Labute approximate surface area is 126 Å². The highest BCUT2D eigenvalue weighted by Crippen LogP contribution is 2.34. The lowest BCUT2D eigenvalue weighted by Gasteiger charge is -2.15. The average Bonchev–Trinajstić information content (AvgIpc) is 2.88. The van der Waals surface area contributed by atoms with Gasteiger partial charge in [0.15, 0.2) is 0 Å². The molecule has 1 aromatic carbocycles. The van der Waals surface area contributed by atoms with Crippen LogP contribution in [-0.2, 0) is 23.5 Å². The molecule has 0 aliphatic rings. The predicted molar refractivity (Wildman–Crippen MR) is 75.8 cm³/mol.